The number of carbonyl (C=O) groups is 1. The molecule has 11 nitrogen and oxygen atoms in total. The average Bonchev–Trinajstić information content (AvgIpc) is 3.51. The van der Waals surface area contributed by atoms with E-state index in [9.17, 15) is 9.18 Å². The predicted molar refractivity (Wildman–Crippen MR) is 119 cm³/mol. The van der Waals surface area contributed by atoms with Gasteiger partial charge in [-0.2, -0.15) is 10.5 Å². The number of rotatable bonds is 8. The van der Waals surface area contributed by atoms with Crippen molar-refractivity contribution in [2.24, 2.45) is 0 Å². The molecule has 2 heterocycles. The Bertz CT molecular complexity index is 1360. The number of nitrogen functional groups attached to an aromatic ring is 1. The Morgan fingerprint density at radius 2 is 2.09 bits per heavy atom. The molecule has 0 aliphatic heterocycles. The molecule has 1 amide bonds. The monoisotopic (exact) mass is 499 g/mol. The minimum absolute atomic E-state index is 0.0169. The number of amides is 1. The number of carbonyl (C=O) groups excluding carboxylic acids is 1. The molecule has 34 heavy (non-hydrogen) atoms. The molecular formula is C20H15ClFN9O2S. The van der Waals surface area contributed by atoms with Gasteiger partial charge >= 0.3 is 6.01 Å². The minimum atomic E-state index is -0.606. The van der Waals surface area contributed by atoms with Crippen LogP contribution in [0, 0.1) is 17.1 Å². The predicted octanol–water partition coefficient (Wildman–Crippen LogP) is 2.82. The number of hydrogen-bond donors (Lipinski definition) is 2. The first-order valence-electron chi connectivity index (χ1n) is 9.63. The van der Waals surface area contributed by atoms with Crippen LogP contribution < -0.4 is 5.73 Å². The molecule has 0 spiro atoms. The molecule has 0 aliphatic carbocycles. The summed E-state index contributed by atoms with van der Waals surface area (Å²) in [6.45, 7) is -0.171. The van der Waals surface area contributed by atoms with Gasteiger partial charge in [-0.25, -0.2) is 4.39 Å². The fourth-order valence-electron chi connectivity index (χ4n) is 2.94. The van der Waals surface area contributed by atoms with Crippen molar-refractivity contribution < 1.29 is 13.6 Å². The van der Waals surface area contributed by atoms with Gasteiger partial charge in [-0.15, -0.1) is 27.1 Å². The van der Waals surface area contributed by atoms with Crippen molar-refractivity contribution in [2.45, 2.75) is 18.0 Å². The lowest BCUT2D eigenvalue weighted by Crippen LogP contribution is -2.32. The second-order valence-electron chi connectivity index (χ2n) is 6.87. The number of nitriles is 1. The molecule has 0 saturated carbocycles. The lowest BCUT2D eigenvalue weighted by Gasteiger charge is -2.21. The number of anilines is 1. The Labute approximate surface area is 201 Å². The lowest BCUT2D eigenvalue weighted by atomic mass is 10.1. The van der Waals surface area contributed by atoms with Crippen molar-refractivity contribution in [1.29, 1.82) is 5.26 Å². The van der Waals surface area contributed by atoms with E-state index in [0.29, 0.717) is 21.3 Å². The second-order valence-corrected chi connectivity index (χ2v) is 8.30. The van der Waals surface area contributed by atoms with Crippen molar-refractivity contribution in [2.75, 3.05) is 11.5 Å². The smallest absolute Gasteiger partial charge is 0.312 e. The molecule has 0 radical (unpaired) electrons. The van der Waals surface area contributed by atoms with Gasteiger partial charge in [-0.1, -0.05) is 22.8 Å². The van der Waals surface area contributed by atoms with Gasteiger partial charge < -0.3 is 15.1 Å². The number of aromatic nitrogens is 6. The maximum Gasteiger partial charge on any atom is 0.312 e. The molecule has 4 aromatic rings. The standard InChI is InChI=1S/C20H15ClFN9O2S/c21-14-4-3-12(19-26-29-30-27-19)6-16(14)34-10-18(32)31(9-17-25-28-20(24)33-17)8-13-2-1-11(7-23)5-15(13)22/h1-6H,8-10H2,(H2,24,28)(H,26,27,29,30). The van der Waals surface area contributed by atoms with Crippen LogP contribution in [0.4, 0.5) is 10.4 Å². The minimum Gasteiger partial charge on any atom is -0.406 e. The van der Waals surface area contributed by atoms with Crippen LogP contribution in [0.15, 0.2) is 45.7 Å². The van der Waals surface area contributed by atoms with E-state index in [1.165, 1.54) is 28.8 Å². The summed E-state index contributed by atoms with van der Waals surface area (Å²) in [5.41, 5.74) is 6.55. The van der Waals surface area contributed by atoms with Gasteiger partial charge in [0.15, 0.2) is 0 Å². The molecule has 0 aliphatic rings. The SMILES string of the molecule is N#Cc1ccc(CN(Cc2nnc(N)o2)C(=O)CSc2cc(-c3nn[nH]n3)ccc2Cl)c(F)c1. The summed E-state index contributed by atoms with van der Waals surface area (Å²) in [6.07, 6.45) is 0. The van der Waals surface area contributed by atoms with E-state index in [-0.39, 0.29) is 47.8 Å². The van der Waals surface area contributed by atoms with Gasteiger partial charge in [0.05, 0.1) is 29.0 Å². The molecular weight excluding hydrogens is 485 g/mol. The molecule has 172 valence electrons. The Kier molecular flexibility index (Phi) is 7.00. The van der Waals surface area contributed by atoms with Gasteiger partial charge in [0.1, 0.15) is 5.82 Å². The van der Waals surface area contributed by atoms with Gasteiger partial charge in [0, 0.05) is 22.6 Å². The first kappa shape index (κ1) is 23.1. The first-order valence-corrected chi connectivity index (χ1v) is 11.0. The van der Waals surface area contributed by atoms with Gasteiger partial charge in [-0.3, -0.25) is 4.79 Å². The summed E-state index contributed by atoms with van der Waals surface area (Å²) in [4.78, 5) is 15.1. The number of halogens is 2. The van der Waals surface area contributed by atoms with Crippen LogP contribution in [0.25, 0.3) is 11.4 Å². The highest BCUT2D eigenvalue weighted by molar-refractivity contribution is 8.00. The number of nitrogens with two attached hydrogens (primary N) is 1. The zero-order valence-electron chi connectivity index (χ0n) is 17.3. The van der Waals surface area contributed by atoms with Crippen LogP contribution in [0.3, 0.4) is 0 Å². The van der Waals surface area contributed by atoms with Gasteiger partial charge in [0.25, 0.3) is 0 Å². The van der Waals surface area contributed by atoms with E-state index >= 15 is 0 Å². The van der Waals surface area contributed by atoms with Crippen LogP contribution in [-0.4, -0.2) is 47.4 Å². The third-order valence-corrected chi connectivity index (χ3v) is 6.07. The van der Waals surface area contributed by atoms with E-state index in [1.54, 1.807) is 18.2 Å². The van der Waals surface area contributed by atoms with E-state index in [0.717, 1.165) is 6.07 Å². The van der Waals surface area contributed by atoms with Crippen molar-refractivity contribution in [1.82, 2.24) is 35.7 Å². The molecule has 14 heteroatoms. The Balaban J connectivity index is 1.52. The Hall–Kier alpha value is -4.02. The summed E-state index contributed by atoms with van der Waals surface area (Å²) in [6, 6.07) is 10.9. The Morgan fingerprint density at radius 3 is 2.76 bits per heavy atom. The maximum absolute atomic E-state index is 14.5. The molecule has 4 rings (SSSR count). The van der Waals surface area contributed by atoms with E-state index < -0.39 is 5.82 Å². The summed E-state index contributed by atoms with van der Waals surface area (Å²) < 4.78 is 19.7. The van der Waals surface area contributed by atoms with Gasteiger partial charge in [-0.05, 0) is 35.5 Å². The molecule has 0 unspecified atom stereocenters. The Morgan fingerprint density at radius 1 is 1.24 bits per heavy atom. The fourth-order valence-corrected chi connectivity index (χ4v) is 4.10. The first-order chi connectivity index (χ1) is 16.4. The number of hydrogen-bond acceptors (Lipinski definition) is 10. The van der Waals surface area contributed by atoms with E-state index in [2.05, 4.69) is 30.8 Å². The molecule has 0 saturated heterocycles. The third-order valence-electron chi connectivity index (χ3n) is 4.59. The zero-order chi connectivity index (χ0) is 24.1. The molecule has 3 N–H and O–H groups in total. The summed E-state index contributed by atoms with van der Waals surface area (Å²) in [5, 5.41) is 30.5. The molecule has 2 aromatic heterocycles. The molecule has 0 atom stereocenters. The fraction of sp³-hybridized carbons (Fsp3) is 0.150. The number of tetrazole rings is 1. The zero-order valence-corrected chi connectivity index (χ0v) is 18.8. The maximum atomic E-state index is 14.5. The number of H-pyrrole nitrogens is 1. The number of nitrogens with zero attached hydrogens (tertiary/aromatic N) is 7. The van der Waals surface area contributed by atoms with Crippen LogP contribution >= 0.6 is 23.4 Å². The van der Waals surface area contributed by atoms with Crippen LogP contribution in [0.5, 0.6) is 0 Å². The van der Waals surface area contributed by atoms with Crippen molar-refractivity contribution in [3.05, 3.63) is 64.3 Å². The number of aromatic amines is 1. The second kappa shape index (κ2) is 10.3. The number of nitrogens with one attached hydrogen (secondary N) is 1. The van der Waals surface area contributed by atoms with Crippen molar-refractivity contribution in [3.63, 3.8) is 0 Å². The highest BCUT2D eigenvalue weighted by Gasteiger charge is 2.20. The third kappa shape index (κ3) is 5.48. The summed E-state index contributed by atoms with van der Waals surface area (Å²) >= 11 is 7.49. The quantitative estimate of drug-likeness (QED) is 0.344. The largest absolute Gasteiger partial charge is 0.406 e. The van der Waals surface area contributed by atoms with Crippen LogP contribution in [-0.2, 0) is 17.9 Å². The summed E-state index contributed by atoms with van der Waals surface area (Å²) in [7, 11) is 0. The van der Waals surface area contributed by atoms with Crippen molar-refractivity contribution in [3.8, 4) is 17.5 Å². The molecule has 0 bridgehead atoms. The van der Waals surface area contributed by atoms with Crippen LogP contribution in [0.1, 0.15) is 17.0 Å². The van der Waals surface area contributed by atoms with E-state index in [4.69, 9.17) is 27.0 Å². The average molecular weight is 500 g/mol. The van der Waals surface area contributed by atoms with Gasteiger partial charge in [0.2, 0.25) is 17.6 Å². The molecule has 2 aromatic carbocycles. The normalized spacial score (nSPS) is 10.7. The topological polar surface area (TPSA) is 164 Å². The van der Waals surface area contributed by atoms with E-state index in [1.807, 2.05) is 6.07 Å². The number of thioether (sulfide) groups is 1. The van der Waals surface area contributed by atoms with Crippen LogP contribution in [0.2, 0.25) is 5.02 Å². The lowest BCUT2D eigenvalue weighted by molar-refractivity contribution is -0.129. The highest BCUT2D eigenvalue weighted by Crippen LogP contribution is 2.31. The van der Waals surface area contributed by atoms with Crippen molar-refractivity contribution >= 4 is 35.3 Å². The highest BCUT2D eigenvalue weighted by atomic mass is 35.5. The molecule has 0 fully saturated rings. The number of benzene rings is 2. The summed E-state index contributed by atoms with van der Waals surface area (Å²) in [5.74, 6) is -0.479.